The molecular weight excluding hydrogens is 302 g/mol. The molecule has 0 unspecified atom stereocenters. The van der Waals surface area contributed by atoms with Crippen molar-refractivity contribution in [3.63, 3.8) is 0 Å². The predicted octanol–water partition coefficient (Wildman–Crippen LogP) is 1.91. The maximum atomic E-state index is 9.59. The standard InChI is InChI=1S/C18H23N5O/c1-3-23-17-5-6-21(11-15(17)16(12-24)20-23)9-14-10-22-7-4-13(2)8-18(22)19-14/h4,7-8,10,24H,3,5-6,9,11-12H2,1-2H3. The van der Waals surface area contributed by atoms with E-state index >= 15 is 0 Å². The van der Waals surface area contributed by atoms with Gasteiger partial charge in [-0.05, 0) is 31.5 Å². The van der Waals surface area contributed by atoms with Gasteiger partial charge in [0.15, 0.2) is 0 Å². The van der Waals surface area contributed by atoms with Gasteiger partial charge in [0.2, 0.25) is 0 Å². The molecule has 24 heavy (non-hydrogen) atoms. The maximum absolute atomic E-state index is 9.59. The summed E-state index contributed by atoms with van der Waals surface area (Å²) in [6.07, 6.45) is 5.14. The molecule has 1 aliphatic rings. The molecule has 0 fully saturated rings. The highest BCUT2D eigenvalue weighted by Gasteiger charge is 2.24. The van der Waals surface area contributed by atoms with Crippen LogP contribution >= 0.6 is 0 Å². The fourth-order valence-corrected chi connectivity index (χ4v) is 3.58. The lowest BCUT2D eigenvalue weighted by molar-refractivity contribution is 0.234. The minimum atomic E-state index is 0.0107. The van der Waals surface area contributed by atoms with Crippen LogP contribution in [0.25, 0.3) is 5.65 Å². The van der Waals surface area contributed by atoms with Gasteiger partial charge in [-0.15, -0.1) is 0 Å². The van der Waals surface area contributed by atoms with E-state index in [0.29, 0.717) is 0 Å². The molecule has 0 atom stereocenters. The second-order valence-corrected chi connectivity index (χ2v) is 6.51. The summed E-state index contributed by atoms with van der Waals surface area (Å²) >= 11 is 0. The summed E-state index contributed by atoms with van der Waals surface area (Å²) in [6, 6.07) is 4.20. The van der Waals surface area contributed by atoms with Crippen molar-refractivity contribution >= 4 is 5.65 Å². The van der Waals surface area contributed by atoms with E-state index in [2.05, 4.69) is 52.8 Å². The quantitative estimate of drug-likeness (QED) is 0.796. The van der Waals surface area contributed by atoms with Gasteiger partial charge in [0.1, 0.15) is 5.65 Å². The van der Waals surface area contributed by atoms with Crippen molar-refractivity contribution in [2.45, 2.75) is 46.5 Å². The molecule has 0 spiro atoms. The van der Waals surface area contributed by atoms with Crippen LogP contribution in [0.1, 0.15) is 35.1 Å². The Morgan fingerprint density at radius 1 is 1.33 bits per heavy atom. The maximum Gasteiger partial charge on any atom is 0.137 e. The van der Waals surface area contributed by atoms with E-state index in [1.54, 1.807) is 0 Å². The van der Waals surface area contributed by atoms with E-state index in [1.165, 1.54) is 16.8 Å². The fraction of sp³-hybridized carbons (Fsp3) is 0.444. The van der Waals surface area contributed by atoms with E-state index in [1.807, 2.05) is 4.68 Å². The van der Waals surface area contributed by atoms with Crippen LogP contribution in [0.15, 0.2) is 24.5 Å². The number of imidazole rings is 1. The number of hydrogen-bond acceptors (Lipinski definition) is 4. The summed E-state index contributed by atoms with van der Waals surface area (Å²) in [5.41, 5.74) is 6.60. The third-order valence-electron chi connectivity index (χ3n) is 4.80. The zero-order valence-corrected chi connectivity index (χ0v) is 14.2. The molecule has 1 aliphatic heterocycles. The highest BCUT2D eigenvalue weighted by Crippen LogP contribution is 2.24. The Morgan fingerprint density at radius 2 is 2.21 bits per heavy atom. The predicted molar refractivity (Wildman–Crippen MR) is 91.6 cm³/mol. The van der Waals surface area contributed by atoms with Gasteiger partial charge >= 0.3 is 0 Å². The Balaban J connectivity index is 1.56. The lowest BCUT2D eigenvalue weighted by Crippen LogP contribution is -2.31. The molecule has 6 nitrogen and oxygen atoms in total. The van der Waals surface area contributed by atoms with Gasteiger partial charge in [-0.1, -0.05) is 0 Å². The summed E-state index contributed by atoms with van der Waals surface area (Å²) in [5, 5.41) is 14.1. The average Bonchev–Trinajstić information content (AvgIpc) is 3.14. The molecule has 1 N–H and O–H groups in total. The SMILES string of the molecule is CCn1nc(CO)c2c1CCN(Cc1cn3ccc(C)cc3n1)C2. The minimum Gasteiger partial charge on any atom is -0.390 e. The molecule has 4 rings (SSSR count). The molecule has 0 amide bonds. The van der Waals surface area contributed by atoms with Crippen LogP contribution in [0.4, 0.5) is 0 Å². The van der Waals surface area contributed by atoms with Gasteiger partial charge in [-0.25, -0.2) is 4.98 Å². The Bertz CT molecular complexity index is 879. The number of hydrogen-bond donors (Lipinski definition) is 1. The van der Waals surface area contributed by atoms with Crippen LogP contribution in [0.5, 0.6) is 0 Å². The van der Waals surface area contributed by atoms with E-state index in [4.69, 9.17) is 4.98 Å². The van der Waals surface area contributed by atoms with Crippen molar-refractivity contribution in [2.24, 2.45) is 0 Å². The van der Waals surface area contributed by atoms with Gasteiger partial charge in [0, 0.05) is 56.3 Å². The number of aromatic nitrogens is 4. The van der Waals surface area contributed by atoms with Crippen molar-refractivity contribution < 1.29 is 5.11 Å². The molecule has 0 bridgehead atoms. The van der Waals surface area contributed by atoms with Gasteiger partial charge in [-0.3, -0.25) is 9.58 Å². The first kappa shape index (κ1) is 15.4. The lowest BCUT2D eigenvalue weighted by Gasteiger charge is -2.26. The zero-order chi connectivity index (χ0) is 16.7. The summed E-state index contributed by atoms with van der Waals surface area (Å²) in [7, 11) is 0. The molecule has 6 heteroatoms. The van der Waals surface area contributed by atoms with Crippen molar-refractivity contribution in [1.82, 2.24) is 24.1 Å². The molecule has 3 aromatic heterocycles. The highest BCUT2D eigenvalue weighted by molar-refractivity contribution is 5.42. The average molecular weight is 325 g/mol. The van der Waals surface area contributed by atoms with E-state index in [-0.39, 0.29) is 6.61 Å². The summed E-state index contributed by atoms with van der Waals surface area (Å²) in [6.45, 7) is 7.70. The number of nitrogens with zero attached hydrogens (tertiary/aromatic N) is 5. The second kappa shape index (κ2) is 6.03. The molecule has 0 aromatic carbocycles. The van der Waals surface area contributed by atoms with Crippen molar-refractivity contribution in [3.05, 3.63) is 52.7 Å². The molecule has 0 aliphatic carbocycles. The Labute approximate surface area is 141 Å². The van der Waals surface area contributed by atoms with Gasteiger partial charge in [0.25, 0.3) is 0 Å². The third-order valence-corrected chi connectivity index (χ3v) is 4.80. The molecule has 126 valence electrons. The number of aliphatic hydroxyl groups is 1. The molecule has 0 saturated carbocycles. The van der Waals surface area contributed by atoms with Crippen LogP contribution in [-0.4, -0.2) is 35.7 Å². The van der Waals surface area contributed by atoms with E-state index in [0.717, 1.165) is 49.6 Å². The largest absolute Gasteiger partial charge is 0.390 e. The van der Waals surface area contributed by atoms with Gasteiger partial charge < -0.3 is 9.51 Å². The topological polar surface area (TPSA) is 58.6 Å². The smallest absolute Gasteiger partial charge is 0.137 e. The van der Waals surface area contributed by atoms with Crippen molar-refractivity contribution in [2.75, 3.05) is 6.54 Å². The summed E-state index contributed by atoms with van der Waals surface area (Å²) < 4.78 is 4.11. The van der Waals surface area contributed by atoms with E-state index < -0.39 is 0 Å². The monoisotopic (exact) mass is 325 g/mol. The second-order valence-electron chi connectivity index (χ2n) is 6.51. The third kappa shape index (κ3) is 2.61. The fourth-order valence-electron chi connectivity index (χ4n) is 3.58. The number of rotatable bonds is 4. The lowest BCUT2D eigenvalue weighted by atomic mass is 10.1. The number of aryl methyl sites for hydroxylation is 2. The summed E-state index contributed by atoms with van der Waals surface area (Å²) in [4.78, 5) is 7.13. The van der Waals surface area contributed by atoms with E-state index in [9.17, 15) is 5.11 Å². The first-order valence-corrected chi connectivity index (χ1v) is 8.52. The number of aliphatic hydroxyl groups excluding tert-OH is 1. The Kier molecular flexibility index (Phi) is 3.86. The zero-order valence-electron chi connectivity index (χ0n) is 14.2. The van der Waals surface area contributed by atoms with Crippen molar-refractivity contribution in [1.29, 1.82) is 0 Å². The Morgan fingerprint density at radius 3 is 3.00 bits per heavy atom. The molecule has 0 radical (unpaired) electrons. The summed E-state index contributed by atoms with van der Waals surface area (Å²) in [5.74, 6) is 0. The first-order valence-electron chi connectivity index (χ1n) is 8.52. The van der Waals surface area contributed by atoms with Gasteiger partial charge in [0.05, 0.1) is 18.0 Å². The normalized spacial score (nSPS) is 15.1. The molecule has 4 heterocycles. The van der Waals surface area contributed by atoms with Crippen LogP contribution < -0.4 is 0 Å². The number of pyridine rings is 1. The van der Waals surface area contributed by atoms with Crippen molar-refractivity contribution in [3.8, 4) is 0 Å². The number of fused-ring (bicyclic) bond motifs is 2. The van der Waals surface area contributed by atoms with Gasteiger partial charge in [-0.2, -0.15) is 5.10 Å². The Hall–Kier alpha value is -2.18. The van der Waals surface area contributed by atoms with Crippen LogP contribution in [0, 0.1) is 6.92 Å². The highest BCUT2D eigenvalue weighted by atomic mass is 16.3. The molecule has 3 aromatic rings. The van der Waals surface area contributed by atoms with Crippen LogP contribution in [0.2, 0.25) is 0 Å². The molecular formula is C18H23N5O. The van der Waals surface area contributed by atoms with Crippen LogP contribution in [0.3, 0.4) is 0 Å². The molecule has 0 saturated heterocycles. The first-order chi connectivity index (χ1) is 11.7. The van der Waals surface area contributed by atoms with Crippen LogP contribution in [-0.2, 0) is 32.7 Å². The minimum absolute atomic E-state index is 0.0107.